The molecule has 4 nitrogen and oxygen atoms in total. The lowest BCUT2D eigenvalue weighted by molar-refractivity contribution is 0.170. The first-order valence-electron chi connectivity index (χ1n) is 5.95. The van der Waals surface area contributed by atoms with Crippen molar-refractivity contribution in [3.8, 4) is 0 Å². The highest BCUT2D eigenvalue weighted by Crippen LogP contribution is 2.20. The number of amides is 1. The summed E-state index contributed by atoms with van der Waals surface area (Å²) >= 11 is 0. The van der Waals surface area contributed by atoms with Gasteiger partial charge in [0, 0.05) is 25.3 Å². The highest BCUT2D eigenvalue weighted by Gasteiger charge is 2.11. The number of methoxy groups -OCH3 is 1. The van der Waals surface area contributed by atoms with Crippen molar-refractivity contribution in [3.63, 3.8) is 0 Å². The van der Waals surface area contributed by atoms with Crippen molar-refractivity contribution in [2.45, 2.75) is 19.4 Å². The van der Waals surface area contributed by atoms with Gasteiger partial charge >= 0.3 is 6.09 Å². The number of hydrogen-bond acceptors (Lipinski definition) is 3. The van der Waals surface area contributed by atoms with Gasteiger partial charge in [-0.25, -0.2) is 4.79 Å². The Morgan fingerprint density at radius 3 is 2.53 bits per heavy atom. The number of ether oxygens (including phenoxy) is 1. The Hall–Kier alpha value is -1.71. The fourth-order valence-corrected chi connectivity index (χ4v) is 2.05. The fraction of sp³-hybridized carbons (Fsp3) is 0.462. The van der Waals surface area contributed by atoms with Gasteiger partial charge in [-0.1, -0.05) is 12.1 Å². The molecule has 1 aliphatic heterocycles. The summed E-state index contributed by atoms with van der Waals surface area (Å²) in [4.78, 5) is 13.3. The third-order valence-corrected chi connectivity index (χ3v) is 3.03. The quantitative estimate of drug-likeness (QED) is 0.871. The van der Waals surface area contributed by atoms with Crippen LogP contribution in [0, 0.1) is 0 Å². The lowest BCUT2D eigenvalue weighted by Gasteiger charge is -2.17. The van der Waals surface area contributed by atoms with Crippen LogP contribution in [-0.2, 0) is 11.3 Å². The molecule has 92 valence electrons. The van der Waals surface area contributed by atoms with Crippen molar-refractivity contribution in [3.05, 3.63) is 29.8 Å². The van der Waals surface area contributed by atoms with E-state index >= 15 is 0 Å². The Morgan fingerprint density at radius 1 is 1.29 bits per heavy atom. The van der Waals surface area contributed by atoms with E-state index in [1.165, 1.54) is 25.6 Å². The van der Waals surface area contributed by atoms with Crippen LogP contribution in [-0.4, -0.2) is 26.3 Å². The summed E-state index contributed by atoms with van der Waals surface area (Å²) in [5, 5.41) is 2.66. The zero-order valence-electron chi connectivity index (χ0n) is 10.1. The van der Waals surface area contributed by atoms with E-state index in [1.807, 2.05) is 12.1 Å². The second kappa shape index (κ2) is 5.57. The number of nitrogens with one attached hydrogen (secondary N) is 1. The number of alkyl carbamates (subject to hydrolysis) is 1. The van der Waals surface area contributed by atoms with Gasteiger partial charge in [0.05, 0.1) is 7.11 Å². The molecule has 1 aliphatic rings. The summed E-state index contributed by atoms with van der Waals surface area (Å²) in [6.07, 6.45) is 2.17. The highest BCUT2D eigenvalue weighted by molar-refractivity contribution is 5.66. The van der Waals surface area contributed by atoms with Crippen LogP contribution in [0.3, 0.4) is 0 Å². The predicted octanol–water partition coefficient (Wildman–Crippen LogP) is 2.14. The van der Waals surface area contributed by atoms with Crippen LogP contribution in [0.4, 0.5) is 10.5 Å². The van der Waals surface area contributed by atoms with E-state index in [1.54, 1.807) is 0 Å². The van der Waals surface area contributed by atoms with Gasteiger partial charge < -0.3 is 15.0 Å². The summed E-state index contributed by atoms with van der Waals surface area (Å²) in [7, 11) is 1.37. The zero-order valence-corrected chi connectivity index (χ0v) is 10.1. The maximum Gasteiger partial charge on any atom is 0.407 e. The standard InChI is InChI=1S/C13H18N2O2/c1-17-13(16)14-10-11-4-6-12(7-5-11)15-8-2-3-9-15/h4-7H,2-3,8-10H2,1H3,(H,14,16). The predicted molar refractivity (Wildman–Crippen MR) is 67.1 cm³/mol. The van der Waals surface area contributed by atoms with E-state index in [4.69, 9.17) is 0 Å². The molecule has 1 fully saturated rings. The third kappa shape index (κ3) is 3.12. The second-order valence-electron chi connectivity index (χ2n) is 4.21. The van der Waals surface area contributed by atoms with Crippen molar-refractivity contribution in [2.24, 2.45) is 0 Å². The van der Waals surface area contributed by atoms with Gasteiger partial charge in [-0.3, -0.25) is 0 Å². The highest BCUT2D eigenvalue weighted by atomic mass is 16.5. The topological polar surface area (TPSA) is 41.6 Å². The normalized spacial score (nSPS) is 14.8. The average molecular weight is 234 g/mol. The maximum atomic E-state index is 10.9. The zero-order chi connectivity index (χ0) is 12.1. The molecule has 0 radical (unpaired) electrons. The van der Waals surface area contributed by atoms with Crippen molar-refractivity contribution in [1.29, 1.82) is 0 Å². The molecular formula is C13H18N2O2. The summed E-state index contributed by atoms with van der Waals surface area (Å²) in [5.74, 6) is 0. The maximum absolute atomic E-state index is 10.9. The molecule has 4 heteroatoms. The summed E-state index contributed by atoms with van der Waals surface area (Å²) < 4.78 is 4.52. The molecule has 17 heavy (non-hydrogen) atoms. The van der Waals surface area contributed by atoms with Crippen LogP contribution < -0.4 is 10.2 Å². The lowest BCUT2D eigenvalue weighted by Crippen LogP contribution is -2.22. The van der Waals surface area contributed by atoms with Gasteiger partial charge in [-0.05, 0) is 30.5 Å². The minimum Gasteiger partial charge on any atom is -0.453 e. The Labute approximate surface area is 102 Å². The van der Waals surface area contributed by atoms with Gasteiger partial charge in [-0.15, -0.1) is 0 Å². The van der Waals surface area contributed by atoms with Crippen molar-refractivity contribution >= 4 is 11.8 Å². The van der Waals surface area contributed by atoms with Gasteiger partial charge in [0.2, 0.25) is 0 Å². The van der Waals surface area contributed by atoms with Gasteiger partial charge in [0.15, 0.2) is 0 Å². The largest absolute Gasteiger partial charge is 0.453 e. The van der Waals surface area contributed by atoms with E-state index in [2.05, 4.69) is 27.1 Å². The molecule has 0 aromatic heterocycles. The van der Waals surface area contributed by atoms with Crippen LogP contribution >= 0.6 is 0 Å². The number of carbonyl (C=O) groups excluding carboxylic acids is 1. The molecule has 0 atom stereocenters. The minimum atomic E-state index is -0.395. The van der Waals surface area contributed by atoms with Crippen LogP contribution in [0.25, 0.3) is 0 Å². The van der Waals surface area contributed by atoms with E-state index < -0.39 is 6.09 Å². The number of nitrogens with zero attached hydrogens (tertiary/aromatic N) is 1. The van der Waals surface area contributed by atoms with Crippen LogP contribution in [0.2, 0.25) is 0 Å². The Kier molecular flexibility index (Phi) is 3.85. The molecule has 0 saturated carbocycles. The first-order valence-corrected chi connectivity index (χ1v) is 5.95. The first-order chi connectivity index (χ1) is 8.29. The molecule has 2 rings (SSSR count). The number of anilines is 1. The van der Waals surface area contributed by atoms with Crippen molar-refractivity contribution < 1.29 is 9.53 Å². The molecule has 1 amide bonds. The second-order valence-corrected chi connectivity index (χ2v) is 4.21. The molecule has 1 saturated heterocycles. The Morgan fingerprint density at radius 2 is 1.94 bits per heavy atom. The van der Waals surface area contributed by atoms with E-state index in [0.29, 0.717) is 6.54 Å². The van der Waals surface area contributed by atoms with Crippen LogP contribution in [0.15, 0.2) is 24.3 Å². The molecule has 1 N–H and O–H groups in total. The molecule has 0 bridgehead atoms. The summed E-state index contributed by atoms with van der Waals surface area (Å²) in [5.41, 5.74) is 2.35. The number of benzene rings is 1. The van der Waals surface area contributed by atoms with Crippen LogP contribution in [0.1, 0.15) is 18.4 Å². The van der Waals surface area contributed by atoms with Crippen molar-refractivity contribution in [1.82, 2.24) is 5.32 Å². The van der Waals surface area contributed by atoms with Gasteiger partial charge in [0.25, 0.3) is 0 Å². The first kappa shape index (κ1) is 11.8. The molecule has 1 aromatic carbocycles. The molecule has 1 heterocycles. The van der Waals surface area contributed by atoms with E-state index in [0.717, 1.165) is 18.7 Å². The smallest absolute Gasteiger partial charge is 0.407 e. The Bertz CT molecular complexity index is 370. The molecule has 1 aromatic rings. The Balaban J connectivity index is 1.90. The number of rotatable bonds is 3. The molecule has 0 unspecified atom stereocenters. The molecule has 0 spiro atoms. The number of carbonyl (C=O) groups is 1. The monoisotopic (exact) mass is 234 g/mol. The third-order valence-electron chi connectivity index (χ3n) is 3.03. The minimum absolute atomic E-state index is 0.395. The van der Waals surface area contributed by atoms with Crippen molar-refractivity contribution in [2.75, 3.05) is 25.1 Å². The van der Waals surface area contributed by atoms with Crippen LogP contribution in [0.5, 0.6) is 0 Å². The number of hydrogen-bond donors (Lipinski definition) is 1. The summed E-state index contributed by atoms with van der Waals surface area (Å²) in [6.45, 7) is 2.81. The van der Waals surface area contributed by atoms with E-state index in [-0.39, 0.29) is 0 Å². The van der Waals surface area contributed by atoms with Gasteiger partial charge in [0.1, 0.15) is 0 Å². The lowest BCUT2D eigenvalue weighted by atomic mass is 10.2. The molecular weight excluding hydrogens is 216 g/mol. The SMILES string of the molecule is COC(=O)NCc1ccc(N2CCCC2)cc1. The average Bonchev–Trinajstić information content (AvgIpc) is 2.90. The van der Waals surface area contributed by atoms with E-state index in [9.17, 15) is 4.79 Å². The van der Waals surface area contributed by atoms with Gasteiger partial charge in [-0.2, -0.15) is 0 Å². The molecule has 0 aliphatic carbocycles. The summed E-state index contributed by atoms with van der Waals surface area (Å²) in [6, 6.07) is 8.31. The fourth-order valence-electron chi connectivity index (χ4n) is 2.05.